The van der Waals surface area contributed by atoms with Crippen LogP contribution in [0.3, 0.4) is 0 Å². The number of fused-ring (bicyclic) bond motifs is 1. The van der Waals surface area contributed by atoms with Crippen molar-refractivity contribution >= 4 is 23.8 Å². The normalized spacial score (nSPS) is 11.3. The Morgan fingerprint density at radius 3 is 2.32 bits per heavy atom. The third kappa shape index (κ3) is 6.23. The molecule has 2 aromatic rings. The van der Waals surface area contributed by atoms with Gasteiger partial charge in [-0.05, 0) is 48.4 Å². The Balaban J connectivity index is 0.000000268. The maximum Gasteiger partial charge on any atom is 0.254 e. The van der Waals surface area contributed by atoms with Crippen molar-refractivity contribution in [2.24, 2.45) is 0 Å². The molecule has 3 rings (SSSR count). The second kappa shape index (κ2) is 11.5. The van der Waals surface area contributed by atoms with E-state index < -0.39 is 0 Å². The summed E-state index contributed by atoms with van der Waals surface area (Å²) in [5, 5.41) is 5.58. The number of hydrogen-bond acceptors (Lipinski definition) is 4. The molecule has 0 aliphatic carbocycles. The van der Waals surface area contributed by atoms with E-state index in [1.807, 2.05) is 63.4 Å². The molecule has 2 amide bonds. The van der Waals surface area contributed by atoms with Gasteiger partial charge in [-0.25, -0.2) is 0 Å². The number of rotatable bonds is 5. The van der Waals surface area contributed by atoms with Crippen molar-refractivity contribution in [3.05, 3.63) is 64.7 Å². The molecule has 2 aromatic carbocycles. The Morgan fingerprint density at radius 1 is 1.14 bits per heavy atom. The van der Waals surface area contributed by atoms with Gasteiger partial charge in [-0.2, -0.15) is 0 Å². The van der Waals surface area contributed by atoms with E-state index in [0.717, 1.165) is 27.9 Å². The molecule has 0 bridgehead atoms. The van der Waals surface area contributed by atoms with Crippen molar-refractivity contribution in [1.82, 2.24) is 10.2 Å². The van der Waals surface area contributed by atoms with Gasteiger partial charge in [0, 0.05) is 44.0 Å². The second-order valence-electron chi connectivity index (χ2n) is 6.04. The molecule has 2 N–H and O–H groups in total. The molecule has 6 nitrogen and oxygen atoms in total. The van der Waals surface area contributed by atoms with Gasteiger partial charge in [-0.15, -0.1) is 0 Å². The van der Waals surface area contributed by atoms with Crippen LogP contribution in [0.2, 0.25) is 0 Å². The molecular weight excluding hydrogens is 354 g/mol. The van der Waals surface area contributed by atoms with Crippen LogP contribution in [-0.2, 0) is 17.9 Å². The number of nitrogens with zero attached hydrogens (tertiary/aromatic N) is 1. The Labute approximate surface area is 166 Å². The van der Waals surface area contributed by atoms with Crippen LogP contribution in [-0.4, -0.2) is 37.1 Å². The summed E-state index contributed by atoms with van der Waals surface area (Å²) >= 11 is 0. The van der Waals surface area contributed by atoms with Crippen molar-refractivity contribution in [1.29, 1.82) is 0 Å². The SMILES string of the molecule is CC.CN1Cc2cc(CNC=O)ccc2C1=O.CNc1ccc(C(C)=O)cc1. The third-order valence-electron chi connectivity index (χ3n) is 4.12. The quantitative estimate of drug-likeness (QED) is 0.612. The number of ketones is 1. The van der Waals surface area contributed by atoms with Crippen LogP contribution in [0.25, 0.3) is 0 Å². The fraction of sp³-hybridized carbons (Fsp3) is 0.318. The summed E-state index contributed by atoms with van der Waals surface area (Å²) in [7, 11) is 3.63. The van der Waals surface area contributed by atoms with Gasteiger partial charge in [0.25, 0.3) is 5.91 Å². The first-order valence-corrected chi connectivity index (χ1v) is 9.29. The van der Waals surface area contributed by atoms with Crippen LogP contribution < -0.4 is 10.6 Å². The van der Waals surface area contributed by atoms with E-state index in [-0.39, 0.29) is 11.7 Å². The molecule has 1 heterocycles. The van der Waals surface area contributed by atoms with Crippen LogP contribution >= 0.6 is 0 Å². The zero-order valence-electron chi connectivity index (χ0n) is 17.2. The summed E-state index contributed by atoms with van der Waals surface area (Å²) in [5.74, 6) is 0.174. The average Bonchev–Trinajstić information content (AvgIpc) is 3.01. The third-order valence-corrected chi connectivity index (χ3v) is 4.12. The zero-order chi connectivity index (χ0) is 21.1. The molecule has 6 heteroatoms. The van der Waals surface area contributed by atoms with Gasteiger partial charge in [-0.1, -0.05) is 26.0 Å². The summed E-state index contributed by atoms with van der Waals surface area (Å²) < 4.78 is 0. The number of nitrogens with one attached hydrogen (secondary N) is 2. The molecule has 0 fully saturated rings. The van der Waals surface area contributed by atoms with E-state index in [1.165, 1.54) is 0 Å². The summed E-state index contributed by atoms with van der Waals surface area (Å²) in [6.07, 6.45) is 0.671. The lowest BCUT2D eigenvalue weighted by molar-refractivity contribution is -0.109. The number of carbonyl (C=O) groups excluding carboxylic acids is 3. The van der Waals surface area contributed by atoms with E-state index in [4.69, 9.17) is 0 Å². The van der Waals surface area contributed by atoms with Crippen molar-refractivity contribution in [2.75, 3.05) is 19.4 Å². The Morgan fingerprint density at radius 2 is 1.79 bits per heavy atom. The first kappa shape index (κ1) is 22.9. The number of hydrogen-bond donors (Lipinski definition) is 2. The molecule has 0 atom stereocenters. The van der Waals surface area contributed by atoms with Gasteiger partial charge >= 0.3 is 0 Å². The highest BCUT2D eigenvalue weighted by molar-refractivity contribution is 5.98. The summed E-state index contributed by atoms with van der Waals surface area (Å²) in [4.78, 5) is 34.2. The predicted octanol–water partition coefficient (Wildman–Crippen LogP) is 3.48. The average molecular weight is 383 g/mol. The smallest absolute Gasteiger partial charge is 0.254 e. The summed E-state index contributed by atoms with van der Waals surface area (Å²) in [6.45, 7) is 6.73. The molecule has 1 aliphatic heterocycles. The van der Waals surface area contributed by atoms with Crippen molar-refractivity contribution < 1.29 is 14.4 Å². The van der Waals surface area contributed by atoms with Gasteiger partial charge in [-0.3, -0.25) is 14.4 Å². The van der Waals surface area contributed by atoms with E-state index >= 15 is 0 Å². The highest BCUT2D eigenvalue weighted by Gasteiger charge is 2.23. The van der Waals surface area contributed by atoms with E-state index in [1.54, 1.807) is 18.9 Å². The molecule has 0 saturated carbocycles. The van der Waals surface area contributed by atoms with Crippen LogP contribution in [0.4, 0.5) is 5.69 Å². The predicted molar refractivity (Wildman–Crippen MR) is 112 cm³/mol. The topological polar surface area (TPSA) is 78.5 Å². The minimum Gasteiger partial charge on any atom is -0.388 e. The first-order chi connectivity index (χ1) is 13.5. The Hall–Kier alpha value is -3.15. The largest absolute Gasteiger partial charge is 0.388 e. The fourth-order valence-electron chi connectivity index (χ4n) is 2.66. The van der Waals surface area contributed by atoms with Gasteiger partial charge < -0.3 is 15.5 Å². The second-order valence-corrected chi connectivity index (χ2v) is 6.04. The molecule has 150 valence electrons. The standard InChI is InChI=1S/C11H12N2O2.C9H11NO.C2H6/c1-13-6-9-4-8(5-12-7-14)2-3-10(9)11(13)15;1-7(11)8-3-5-9(10-2)6-4-8;1-2/h2-4,7H,5-6H2,1H3,(H,12,14);3-6,10H,1-2H3;1-2H3. The molecule has 0 radical (unpaired) electrons. The molecular formula is C22H29N3O3. The number of amides is 2. The lowest BCUT2D eigenvalue weighted by atomic mass is 10.1. The van der Waals surface area contributed by atoms with Crippen molar-refractivity contribution in [3.8, 4) is 0 Å². The maximum atomic E-state index is 11.6. The van der Waals surface area contributed by atoms with E-state index in [2.05, 4.69) is 10.6 Å². The van der Waals surface area contributed by atoms with E-state index in [9.17, 15) is 14.4 Å². The monoisotopic (exact) mass is 383 g/mol. The highest BCUT2D eigenvalue weighted by Crippen LogP contribution is 2.22. The van der Waals surface area contributed by atoms with E-state index in [0.29, 0.717) is 19.5 Å². The lowest BCUT2D eigenvalue weighted by Gasteiger charge is -2.04. The molecule has 0 aromatic heterocycles. The molecule has 0 spiro atoms. The zero-order valence-corrected chi connectivity index (χ0v) is 17.2. The van der Waals surface area contributed by atoms with Crippen LogP contribution in [0.1, 0.15) is 52.6 Å². The molecule has 0 saturated heterocycles. The fourth-order valence-corrected chi connectivity index (χ4v) is 2.66. The number of Topliss-reactive ketones (excluding diaryl/α,β-unsaturated/α-hetero) is 1. The minimum atomic E-state index is 0.0693. The Kier molecular flexibility index (Phi) is 9.43. The highest BCUT2D eigenvalue weighted by atomic mass is 16.2. The van der Waals surface area contributed by atoms with Gasteiger partial charge in [0.1, 0.15) is 0 Å². The molecule has 1 aliphatic rings. The van der Waals surface area contributed by atoms with Gasteiger partial charge in [0.15, 0.2) is 5.78 Å². The first-order valence-electron chi connectivity index (χ1n) is 9.29. The maximum absolute atomic E-state index is 11.6. The molecule has 28 heavy (non-hydrogen) atoms. The van der Waals surface area contributed by atoms with Gasteiger partial charge in [0.05, 0.1) is 0 Å². The van der Waals surface area contributed by atoms with Gasteiger partial charge in [0.2, 0.25) is 6.41 Å². The Bertz CT molecular complexity index is 801. The van der Waals surface area contributed by atoms with Crippen LogP contribution in [0, 0.1) is 0 Å². The lowest BCUT2D eigenvalue weighted by Crippen LogP contribution is -2.17. The summed E-state index contributed by atoms with van der Waals surface area (Å²) in [5.41, 5.74) is 4.60. The number of benzene rings is 2. The number of anilines is 1. The minimum absolute atomic E-state index is 0.0693. The number of carbonyl (C=O) groups is 3. The van der Waals surface area contributed by atoms with Crippen molar-refractivity contribution in [3.63, 3.8) is 0 Å². The van der Waals surface area contributed by atoms with Crippen LogP contribution in [0.15, 0.2) is 42.5 Å². The summed E-state index contributed by atoms with van der Waals surface area (Å²) in [6, 6.07) is 13.1. The van der Waals surface area contributed by atoms with Crippen LogP contribution in [0.5, 0.6) is 0 Å². The van der Waals surface area contributed by atoms with Crippen molar-refractivity contribution in [2.45, 2.75) is 33.9 Å². The molecule has 0 unspecified atom stereocenters.